The number of hydrogen-bond donors (Lipinski definition) is 1. The van der Waals surface area contributed by atoms with Crippen molar-refractivity contribution in [1.82, 2.24) is 0 Å². The predicted octanol–water partition coefficient (Wildman–Crippen LogP) is 3.27. The Morgan fingerprint density at radius 3 is 1.80 bits per heavy atom. The van der Waals surface area contributed by atoms with E-state index in [1.54, 1.807) is 0 Å². The van der Waals surface area contributed by atoms with Gasteiger partial charge in [-0.3, -0.25) is 4.99 Å². The Labute approximate surface area is 95.8 Å². The molecule has 0 bridgehead atoms. The van der Waals surface area contributed by atoms with Crippen molar-refractivity contribution in [2.24, 2.45) is 4.99 Å². The van der Waals surface area contributed by atoms with E-state index < -0.39 is 8.07 Å². The molecule has 0 rings (SSSR count). The fraction of sp³-hybridized carbons (Fsp3) is 0.917. The molecule has 2 nitrogen and oxygen atoms in total. The zero-order valence-electron chi connectivity index (χ0n) is 11.0. The normalized spacial score (nSPS) is 15.5. The summed E-state index contributed by atoms with van der Waals surface area (Å²) in [5.41, 5.74) is 0.817. The van der Waals surface area contributed by atoms with Gasteiger partial charge in [0.15, 0.2) is 0 Å². The van der Waals surface area contributed by atoms with Gasteiger partial charge in [-0.05, 0) is 13.3 Å². The highest BCUT2D eigenvalue weighted by Gasteiger charge is 2.37. The Kier molecular flexibility index (Phi) is 7.10. The highest BCUT2D eigenvalue weighted by molar-refractivity contribution is 6.83. The third-order valence-electron chi connectivity index (χ3n) is 3.73. The first-order valence-electron chi connectivity index (χ1n) is 6.33. The van der Waals surface area contributed by atoms with Crippen molar-refractivity contribution < 1.29 is 5.11 Å². The van der Waals surface area contributed by atoms with Crippen molar-refractivity contribution >= 4 is 13.8 Å². The van der Waals surface area contributed by atoms with Gasteiger partial charge < -0.3 is 5.11 Å². The summed E-state index contributed by atoms with van der Waals surface area (Å²) in [7, 11) is -1.52. The Hall–Kier alpha value is -0.153. The van der Waals surface area contributed by atoms with Gasteiger partial charge in [-0.2, -0.15) is 0 Å². The molecule has 0 aromatic rings. The molecular formula is C12H27NOSi. The number of nitrogens with zero attached hydrogens (tertiary/aromatic N) is 1. The lowest BCUT2D eigenvalue weighted by molar-refractivity contribution is 0.301. The number of hydrogen-bond acceptors (Lipinski definition) is 2. The van der Waals surface area contributed by atoms with E-state index in [0.717, 1.165) is 36.8 Å². The van der Waals surface area contributed by atoms with E-state index in [9.17, 15) is 5.11 Å². The van der Waals surface area contributed by atoms with Gasteiger partial charge in [-0.15, -0.1) is 0 Å². The zero-order chi connectivity index (χ0) is 11.9. The lowest BCUT2D eigenvalue weighted by atomic mass is 10.3. The molecule has 0 aromatic carbocycles. The van der Waals surface area contributed by atoms with E-state index in [-0.39, 0.29) is 5.73 Å². The van der Waals surface area contributed by atoms with Crippen molar-refractivity contribution in [3.05, 3.63) is 0 Å². The van der Waals surface area contributed by atoms with Gasteiger partial charge in [-0.1, -0.05) is 45.8 Å². The number of aliphatic hydroxyl groups is 1. The second-order valence-corrected chi connectivity index (χ2v) is 9.54. The largest absolute Gasteiger partial charge is 0.391 e. The lowest BCUT2D eigenvalue weighted by Crippen LogP contribution is -2.50. The molecule has 0 aromatic heterocycles. The van der Waals surface area contributed by atoms with Gasteiger partial charge in [0.05, 0.1) is 13.8 Å². The maximum atomic E-state index is 10.5. The van der Waals surface area contributed by atoms with Crippen molar-refractivity contribution in [2.75, 3.05) is 6.54 Å². The Morgan fingerprint density at radius 2 is 1.53 bits per heavy atom. The number of aliphatic hydroxyl groups excluding tert-OH is 1. The van der Waals surface area contributed by atoms with Gasteiger partial charge in [0.2, 0.25) is 0 Å². The summed E-state index contributed by atoms with van der Waals surface area (Å²) in [6.07, 6.45) is 0.893. The Bertz CT molecular complexity index is 192. The predicted molar refractivity (Wildman–Crippen MR) is 71.5 cm³/mol. The average Bonchev–Trinajstić information content (AvgIpc) is 2.28. The van der Waals surface area contributed by atoms with Crippen molar-refractivity contribution in [3.8, 4) is 0 Å². The van der Waals surface area contributed by atoms with Crippen molar-refractivity contribution in [1.29, 1.82) is 0 Å². The molecular weight excluding hydrogens is 202 g/mol. The van der Waals surface area contributed by atoms with Crippen LogP contribution >= 0.6 is 0 Å². The standard InChI is InChI=1S/C12H27NOSi/c1-6-11(13-7-2)12(14)15(8-3,9-4)10-5/h12,14H,6-10H2,1-5H3. The Balaban J connectivity index is 4.90. The molecule has 0 spiro atoms. The highest BCUT2D eigenvalue weighted by Crippen LogP contribution is 2.25. The summed E-state index contributed by atoms with van der Waals surface area (Å²) in [5.74, 6) is 0. The van der Waals surface area contributed by atoms with E-state index in [2.05, 4.69) is 32.7 Å². The van der Waals surface area contributed by atoms with E-state index in [4.69, 9.17) is 0 Å². The van der Waals surface area contributed by atoms with Gasteiger partial charge >= 0.3 is 0 Å². The van der Waals surface area contributed by atoms with E-state index in [1.165, 1.54) is 0 Å². The molecule has 0 saturated heterocycles. The summed E-state index contributed by atoms with van der Waals surface area (Å²) in [6, 6.07) is 3.47. The topological polar surface area (TPSA) is 32.6 Å². The van der Waals surface area contributed by atoms with E-state index in [0.29, 0.717) is 0 Å². The lowest BCUT2D eigenvalue weighted by Gasteiger charge is -2.34. The highest BCUT2D eigenvalue weighted by atomic mass is 28.3. The number of rotatable bonds is 7. The molecule has 0 fully saturated rings. The molecule has 15 heavy (non-hydrogen) atoms. The maximum absolute atomic E-state index is 10.5. The SMILES string of the molecule is CCN=C(CC)C(O)[Si](CC)(CC)CC. The smallest absolute Gasteiger partial charge is 0.0937 e. The summed E-state index contributed by atoms with van der Waals surface area (Å²) >= 11 is 0. The van der Waals surface area contributed by atoms with Crippen LogP contribution in [0.25, 0.3) is 0 Å². The van der Waals surface area contributed by atoms with E-state index >= 15 is 0 Å². The van der Waals surface area contributed by atoms with Gasteiger partial charge in [0, 0.05) is 12.3 Å². The van der Waals surface area contributed by atoms with Gasteiger partial charge in [0.1, 0.15) is 0 Å². The Morgan fingerprint density at radius 1 is 1.07 bits per heavy atom. The minimum absolute atomic E-state index is 0.220. The van der Waals surface area contributed by atoms with Crippen molar-refractivity contribution in [3.63, 3.8) is 0 Å². The zero-order valence-corrected chi connectivity index (χ0v) is 12.0. The third kappa shape index (κ3) is 3.42. The minimum Gasteiger partial charge on any atom is -0.391 e. The molecule has 0 aliphatic rings. The summed E-state index contributed by atoms with van der Waals surface area (Å²) in [4.78, 5) is 4.45. The summed E-state index contributed by atoms with van der Waals surface area (Å²) in [6.45, 7) is 11.6. The molecule has 1 unspecified atom stereocenters. The average molecular weight is 229 g/mol. The molecule has 0 saturated carbocycles. The monoisotopic (exact) mass is 229 g/mol. The molecule has 90 valence electrons. The summed E-state index contributed by atoms with van der Waals surface area (Å²) < 4.78 is 0. The molecule has 0 radical (unpaired) electrons. The van der Waals surface area contributed by atoms with Crippen LogP contribution in [0.4, 0.5) is 0 Å². The first-order valence-corrected chi connectivity index (χ1v) is 9.02. The van der Waals surface area contributed by atoms with Crippen LogP contribution in [0.2, 0.25) is 18.1 Å². The first-order chi connectivity index (χ1) is 7.11. The van der Waals surface area contributed by atoms with Crippen LogP contribution in [0.5, 0.6) is 0 Å². The molecule has 1 N–H and O–H groups in total. The molecule has 0 heterocycles. The molecule has 0 aliphatic carbocycles. The fourth-order valence-electron chi connectivity index (χ4n) is 2.28. The van der Waals surface area contributed by atoms with Gasteiger partial charge in [-0.25, -0.2) is 0 Å². The van der Waals surface area contributed by atoms with Crippen LogP contribution < -0.4 is 0 Å². The van der Waals surface area contributed by atoms with Crippen LogP contribution in [-0.2, 0) is 0 Å². The number of aliphatic imine (C=N–C) groups is 1. The molecule has 3 heteroatoms. The summed E-state index contributed by atoms with van der Waals surface area (Å²) in [5, 5.41) is 10.5. The van der Waals surface area contributed by atoms with Crippen LogP contribution in [0.15, 0.2) is 4.99 Å². The minimum atomic E-state index is -1.52. The van der Waals surface area contributed by atoms with Crippen LogP contribution in [0.1, 0.15) is 41.0 Å². The molecule has 1 atom stereocenters. The maximum Gasteiger partial charge on any atom is 0.0937 e. The van der Waals surface area contributed by atoms with Crippen LogP contribution in [-0.4, -0.2) is 31.2 Å². The fourth-order valence-corrected chi connectivity index (χ4v) is 5.94. The van der Waals surface area contributed by atoms with Crippen LogP contribution in [0, 0.1) is 0 Å². The van der Waals surface area contributed by atoms with Gasteiger partial charge in [0.25, 0.3) is 0 Å². The molecule has 0 aliphatic heterocycles. The van der Waals surface area contributed by atoms with Crippen molar-refractivity contribution in [2.45, 2.75) is 64.9 Å². The van der Waals surface area contributed by atoms with Crippen LogP contribution in [0.3, 0.4) is 0 Å². The van der Waals surface area contributed by atoms with E-state index in [1.807, 2.05) is 6.92 Å². The third-order valence-corrected chi connectivity index (χ3v) is 9.45. The second kappa shape index (κ2) is 7.18. The quantitative estimate of drug-likeness (QED) is 0.527. The first kappa shape index (κ1) is 14.8. The second-order valence-electron chi connectivity index (χ2n) is 4.14. The molecule has 0 amide bonds.